The fraction of sp³-hybridized carbons (Fsp3) is 0.200. The van der Waals surface area contributed by atoms with Gasteiger partial charge in [0.15, 0.2) is 0 Å². The van der Waals surface area contributed by atoms with E-state index in [2.05, 4.69) is 39.1 Å². The van der Waals surface area contributed by atoms with E-state index in [0.717, 1.165) is 10.9 Å². The van der Waals surface area contributed by atoms with E-state index in [-0.39, 0.29) is 0 Å². The van der Waals surface area contributed by atoms with Crippen LogP contribution in [0.5, 0.6) is 0 Å². The SMILES string of the molecule is NCCc1cccc2c(Br)c[nH]c12. The summed E-state index contributed by atoms with van der Waals surface area (Å²) in [5.74, 6) is 0. The molecular weight excluding hydrogens is 228 g/mol. The van der Waals surface area contributed by atoms with Crippen LogP contribution < -0.4 is 5.73 Å². The molecule has 0 spiro atoms. The summed E-state index contributed by atoms with van der Waals surface area (Å²) in [7, 11) is 0. The predicted octanol–water partition coefficient (Wildman–Crippen LogP) is 2.43. The molecule has 1 aromatic carbocycles. The lowest BCUT2D eigenvalue weighted by molar-refractivity contribution is 0.974. The van der Waals surface area contributed by atoms with Crippen LogP contribution in [-0.2, 0) is 6.42 Å². The third kappa shape index (κ3) is 1.49. The van der Waals surface area contributed by atoms with E-state index < -0.39 is 0 Å². The molecule has 0 unspecified atom stereocenters. The average molecular weight is 239 g/mol. The number of nitrogens with two attached hydrogens (primary N) is 1. The fourth-order valence-electron chi connectivity index (χ4n) is 1.55. The first-order valence-electron chi connectivity index (χ1n) is 4.27. The van der Waals surface area contributed by atoms with Crippen LogP contribution in [0.3, 0.4) is 0 Å². The van der Waals surface area contributed by atoms with E-state index in [1.807, 2.05) is 6.20 Å². The average Bonchev–Trinajstić information content (AvgIpc) is 2.50. The maximum absolute atomic E-state index is 5.53. The molecule has 68 valence electrons. The van der Waals surface area contributed by atoms with Crippen LogP contribution in [0.25, 0.3) is 10.9 Å². The number of H-pyrrole nitrogens is 1. The molecular formula is C10H11BrN2. The molecule has 2 rings (SSSR count). The van der Waals surface area contributed by atoms with Gasteiger partial charge in [0.2, 0.25) is 0 Å². The maximum atomic E-state index is 5.53. The van der Waals surface area contributed by atoms with Crippen LogP contribution in [0.15, 0.2) is 28.9 Å². The smallest absolute Gasteiger partial charge is 0.0498 e. The molecule has 0 aliphatic rings. The number of nitrogens with one attached hydrogen (secondary N) is 1. The van der Waals surface area contributed by atoms with Crippen LogP contribution in [0.4, 0.5) is 0 Å². The quantitative estimate of drug-likeness (QED) is 0.830. The Kier molecular flexibility index (Phi) is 2.38. The molecule has 0 radical (unpaired) electrons. The lowest BCUT2D eigenvalue weighted by atomic mass is 10.1. The Morgan fingerprint density at radius 3 is 3.00 bits per heavy atom. The van der Waals surface area contributed by atoms with Gasteiger partial charge in [0.25, 0.3) is 0 Å². The zero-order valence-electron chi connectivity index (χ0n) is 7.18. The van der Waals surface area contributed by atoms with E-state index in [1.54, 1.807) is 0 Å². The number of fused-ring (bicyclic) bond motifs is 1. The standard InChI is InChI=1S/C10H11BrN2/c11-9-6-13-10-7(4-5-12)2-1-3-8(9)10/h1-3,6,13H,4-5,12H2. The highest BCUT2D eigenvalue weighted by atomic mass is 79.9. The van der Waals surface area contributed by atoms with Crippen molar-refractivity contribution in [3.05, 3.63) is 34.4 Å². The normalized spacial score (nSPS) is 10.9. The molecule has 0 amide bonds. The predicted molar refractivity (Wildman–Crippen MR) is 58.8 cm³/mol. The van der Waals surface area contributed by atoms with Crippen molar-refractivity contribution in [1.82, 2.24) is 4.98 Å². The van der Waals surface area contributed by atoms with Gasteiger partial charge in [-0.3, -0.25) is 0 Å². The highest BCUT2D eigenvalue weighted by Crippen LogP contribution is 2.25. The Labute approximate surface area is 85.3 Å². The number of benzene rings is 1. The second-order valence-electron chi connectivity index (χ2n) is 3.01. The number of para-hydroxylation sites is 1. The summed E-state index contributed by atoms with van der Waals surface area (Å²) < 4.78 is 1.11. The van der Waals surface area contributed by atoms with E-state index in [4.69, 9.17) is 5.73 Å². The summed E-state index contributed by atoms with van der Waals surface area (Å²) in [6, 6.07) is 6.26. The Morgan fingerprint density at radius 1 is 1.38 bits per heavy atom. The van der Waals surface area contributed by atoms with Gasteiger partial charge >= 0.3 is 0 Å². The molecule has 13 heavy (non-hydrogen) atoms. The lowest BCUT2D eigenvalue weighted by Gasteiger charge is -2.00. The van der Waals surface area contributed by atoms with E-state index in [0.29, 0.717) is 6.54 Å². The van der Waals surface area contributed by atoms with Crippen molar-refractivity contribution in [2.24, 2.45) is 5.73 Å². The molecule has 1 heterocycles. The van der Waals surface area contributed by atoms with Crippen molar-refractivity contribution >= 4 is 26.8 Å². The van der Waals surface area contributed by atoms with Gasteiger partial charge in [-0.05, 0) is 34.5 Å². The van der Waals surface area contributed by atoms with Crippen LogP contribution in [0.2, 0.25) is 0 Å². The second-order valence-corrected chi connectivity index (χ2v) is 3.87. The zero-order chi connectivity index (χ0) is 9.26. The number of aromatic nitrogens is 1. The van der Waals surface area contributed by atoms with Crippen LogP contribution in [0.1, 0.15) is 5.56 Å². The molecule has 2 nitrogen and oxygen atoms in total. The molecule has 0 saturated carbocycles. The second kappa shape index (κ2) is 3.52. The Balaban J connectivity index is 2.63. The van der Waals surface area contributed by atoms with Gasteiger partial charge < -0.3 is 10.7 Å². The minimum atomic E-state index is 0.690. The molecule has 0 bridgehead atoms. The molecule has 3 heteroatoms. The summed E-state index contributed by atoms with van der Waals surface area (Å²) in [6.07, 6.45) is 2.88. The van der Waals surface area contributed by atoms with Crippen LogP contribution >= 0.6 is 15.9 Å². The summed E-state index contributed by atoms with van der Waals surface area (Å²) >= 11 is 3.49. The molecule has 1 aromatic heterocycles. The molecule has 2 aromatic rings. The van der Waals surface area contributed by atoms with E-state index >= 15 is 0 Å². The molecule has 3 N–H and O–H groups in total. The van der Waals surface area contributed by atoms with Crippen molar-refractivity contribution in [2.45, 2.75) is 6.42 Å². The van der Waals surface area contributed by atoms with E-state index in [1.165, 1.54) is 16.5 Å². The third-order valence-electron chi connectivity index (χ3n) is 2.16. The minimum absolute atomic E-state index is 0.690. The van der Waals surface area contributed by atoms with Gasteiger partial charge in [0, 0.05) is 21.6 Å². The topological polar surface area (TPSA) is 41.8 Å². The zero-order valence-corrected chi connectivity index (χ0v) is 8.76. The fourth-order valence-corrected chi connectivity index (χ4v) is 1.99. The highest BCUT2D eigenvalue weighted by molar-refractivity contribution is 9.10. The van der Waals surface area contributed by atoms with Gasteiger partial charge in [0.1, 0.15) is 0 Å². The number of hydrogen-bond donors (Lipinski definition) is 2. The Hall–Kier alpha value is -0.800. The summed E-state index contributed by atoms with van der Waals surface area (Å²) in [6.45, 7) is 0.690. The Morgan fingerprint density at radius 2 is 2.23 bits per heavy atom. The first kappa shape index (κ1) is 8.78. The highest BCUT2D eigenvalue weighted by Gasteiger charge is 2.03. The van der Waals surface area contributed by atoms with Gasteiger partial charge in [-0.1, -0.05) is 18.2 Å². The van der Waals surface area contributed by atoms with Crippen molar-refractivity contribution in [1.29, 1.82) is 0 Å². The summed E-state index contributed by atoms with van der Waals surface area (Å²) in [5, 5.41) is 1.23. The maximum Gasteiger partial charge on any atom is 0.0498 e. The summed E-state index contributed by atoms with van der Waals surface area (Å²) in [4.78, 5) is 3.24. The minimum Gasteiger partial charge on any atom is -0.360 e. The van der Waals surface area contributed by atoms with Crippen molar-refractivity contribution in [3.63, 3.8) is 0 Å². The van der Waals surface area contributed by atoms with Crippen molar-refractivity contribution in [3.8, 4) is 0 Å². The van der Waals surface area contributed by atoms with Crippen LogP contribution in [-0.4, -0.2) is 11.5 Å². The van der Waals surface area contributed by atoms with Gasteiger partial charge in [-0.2, -0.15) is 0 Å². The van der Waals surface area contributed by atoms with Crippen molar-refractivity contribution in [2.75, 3.05) is 6.54 Å². The molecule has 0 aliphatic heterocycles. The Bertz CT molecular complexity index is 420. The van der Waals surface area contributed by atoms with Gasteiger partial charge in [-0.15, -0.1) is 0 Å². The number of halogens is 1. The summed E-state index contributed by atoms with van der Waals surface area (Å²) in [5.41, 5.74) is 8.01. The first-order valence-corrected chi connectivity index (χ1v) is 5.07. The molecule has 0 saturated heterocycles. The number of aromatic amines is 1. The molecule has 0 atom stereocenters. The monoisotopic (exact) mass is 238 g/mol. The number of hydrogen-bond acceptors (Lipinski definition) is 1. The molecule has 0 fully saturated rings. The third-order valence-corrected chi connectivity index (χ3v) is 2.82. The van der Waals surface area contributed by atoms with E-state index in [9.17, 15) is 0 Å². The first-order chi connectivity index (χ1) is 6.33. The van der Waals surface area contributed by atoms with Crippen molar-refractivity contribution < 1.29 is 0 Å². The largest absolute Gasteiger partial charge is 0.360 e. The molecule has 0 aliphatic carbocycles. The number of rotatable bonds is 2. The van der Waals surface area contributed by atoms with Gasteiger partial charge in [0.05, 0.1) is 0 Å². The van der Waals surface area contributed by atoms with Gasteiger partial charge in [-0.25, -0.2) is 0 Å². The lowest BCUT2D eigenvalue weighted by Crippen LogP contribution is -2.02. The van der Waals surface area contributed by atoms with Crippen LogP contribution in [0, 0.1) is 0 Å².